The summed E-state index contributed by atoms with van der Waals surface area (Å²) < 4.78 is 39.9. The van der Waals surface area contributed by atoms with Gasteiger partial charge in [-0.3, -0.25) is 0 Å². The summed E-state index contributed by atoms with van der Waals surface area (Å²) in [7, 11) is -3.74. The average Bonchev–Trinajstić information content (AvgIpc) is 2.27. The predicted molar refractivity (Wildman–Crippen MR) is 75.3 cm³/mol. The van der Waals surface area contributed by atoms with Gasteiger partial charge in [-0.1, -0.05) is 11.6 Å². The van der Waals surface area contributed by atoms with Gasteiger partial charge in [0.15, 0.2) is 0 Å². The topological polar surface area (TPSA) is 49.4 Å². The minimum atomic E-state index is -3.74. The summed E-state index contributed by atoms with van der Waals surface area (Å²) >= 11 is 8.97. The number of rotatable bonds is 2. The Bertz CT molecular complexity index is 573. The van der Waals surface area contributed by atoms with Crippen LogP contribution in [0.25, 0.3) is 0 Å². The summed E-state index contributed by atoms with van der Waals surface area (Å²) in [5.74, 6) is -0.579. The molecule has 1 aliphatic rings. The molecule has 1 atom stereocenters. The third-order valence-electron chi connectivity index (χ3n) is 2.97. The van der Waals surface area contributed by atoms with Crippen molar-refractivity contribution in [3.8, 4) is 0 Å². The molecule has 0 spiro atoms. The van der Waals surface area contributed by atoms with Gasteiger partial charge < -0.3 is 5.32 Å². The lowest BCUT2D eigenvalue weighted by Crippen LogP contribution is -2.52. The van der Waals surface area contributed by atoms with Crippen molar-refractivity contribution in [3.05, 3.63) is 27.4 Å². The Morgan fingerprint density at radius 2 is 2.21 bits per heavy atom. The summed E-state index contributed by atoms with van der Waals surface area (Å²) in [6, 6.07) is 1.93. The smallest absolute Gasteiger partial charge is 0.246 e. The van der Waals surface area contributed by atoms with E-state index in [-0.39, 0.29) is 20.4 Å². The highest BCUT2D eigenvalue weighted by Gasteiger charge is 2.34. The van der Waals surface area contributed by atoms with Crippen LogP contribution in [0.4, 0.5) is 4.39 Å². The van der Waals surface area contributed by atoms with Crippen LogP contribution in [0.5, 0.6) is 0 Å². The molecule has 4 nitrogen and oxygen atoms in total. The van der Waals surface area contributed by atoms with Crippen molar-refractivity contribution in [2.45, 2.75) is 17.9 Å². The Labute approximate surface area is 125 Å². The summed E-state index contributed by atoms with van der Waals surface area (Å²) in [5, 5.41) is 3.00. The molecule has 0 radical (unpaired) electrons. The molecule has 2 rings (SSSR count). The molecule has 1 saturated heterocycles. The van der Waals surface area contributed by atoms with Crippen molar-refractivity contribution in [3.63, 3.8) is 0 Å². The van der Waals surface area contributed by atoms with E-state index in [9.17, 15) is 12.8 Å². The number of hydrogen-bond donors (Lipinski definition) is 1. The summed E-state index contributed by atoms with van der Waals surface area (Å²) in [5.41, 5.74) is 0. The normalized spacial score (nSPS) is 21.6. The van der Waals surface area contributed by atoms with Crippen LogP contribution in [-0.2, 0) is 10.0 Å². The van der Waals surface area contributed by atoms with Crippen molar-refractivity contribution in [2.24, 2.45) is 0 Å². The van der Waals surface area contributed by atoms with E-state index >= 15 is 0 Å². The van der Waals surface area contributed by atoms with E-state index in [0.717, 1.165) is 12.1 Å². The first-order valence-electron chi connectivity index (χ1n) is 5.71. The van der Waals surface area contributed by atoms with Gasteiger partial charge >= 0.3 is 0 Å². The van der Waals surface area contributed by atoms with Crippen LogP contribution in [0.3, 0.4) is 0 Å². The van der Waals surface area contributed by atoms with Gasteiger partial charge in [-0.15, -0.1) is 0 Å². The maximum absolute atomic E-state index is 13.2. The Kier molecular flexibility index (Phi) is 4.52. The van der Waals surface area contributed by atoms with Crippen molar-refractivity contribution in [2.75, 3.05) is 19.6 Å². The summed E-state index contributed by atoms with van der Waals surface area (Å²) in [6.45, 7) is 3.34. The lowest BCUT2D eigenvalue weighted by Gasteiger charge is -2.33. The molecule has 1 aromatic rings. The largest absolute Gasteiger partial charge is 0.314 e. The van der Waals surface area contributed by atoms with E-state index in [1.54, 1.807) is 0 Å². The standard InChI is InChI=1S/C11H13BrClFN2O2S/c1-7-6-15-2-3-16(7)19(17,18)11-9(12)4-8(14)5-10(11)13/h4-5,7,15H,2-3,6H2,1H3. The van der Waals surface area contributed by atoms with Crippen LogP contribution in [0.15, 0.2) is 21.5 Å². The van der Waals surface area contributed by atoms with Crippen LogP contribution in [0, 0.1) is 5.82 Å². The van der Waals surface area contributed by atoms with Gasteiger partial charge in [0.25, 0.3) is 0 Å². The second-order valence-corrected chi connectivity index (χ2v) is 7.46. The quantitative estimate of drug-likeness (QED) is 0.867. The molecule has 0 aromatic heterocycles. The molecule has 1 aromatic carbocycles. The van der Waals surface area contributed by atoms with Gasteiger partial charge in [0.05, 0.1) is 5.02 Å². The Balaban J connectivity index is 2.50. The molecule has 0 bridgehead atoms. The van der Waals surface area contributed by atoms with E-state index in [0.29, 0.717) is 19.6 Å². The zero-order valence-corrected chi connectivity index (χ0v) is 13.3. The zero-order chi connectivity index (χ0) is 14.2. The summed E-state index contributed by atoms with van der Waals surface area (Å²) in [6.07, 6.45) is 0. The number of hydrogen-bond acceptors (Lipinski definition) is 3. The lowest BCUT2D eigenvalue weighted by molar-refractivity contribution is 0.283. The van der Waals surface area contributed by atoms with Gasteiger partial charge in [-0.05, 0) is 35.0 Å². The highest BCUT2D eigenvalue weighted by atomic mass is 79.9. The van der Waals surface area contributed by atoms with Crippen LogP contribution < -0.4 is 5.32 Å². The average molecular weight is 372 g/mol. The number of nitrogens with one attached hydrogen (secondary N) is 1. The van der Waals surface area contributed by atoms with Crippen molar-refractivity contribution in [1.82, 2.24) is 9.62 Å². The maximum atomic E-state index is 13.2. The molecule has 19 heavy (non-hydrogen) atoms. The molecule has 106 valence electrons. The van der Waals surface area contributed by atoms with Crippen LogP contribution in [0.2, 0.25) is 5.02 Å². The highest BCUT2D eigenvalue weighted by Crippen LogP contribution is 2.33. The minimum Gasteiger partial charge on any atom is -0.314 e. The van der Waals surface area contributed by atoms with Crippen LogP contribution in [-0.4, -0.2) is 38.4 Å². The van der Waals surface area contributed by atoms with Gasteiger partial charge in [0.2, 0.25) is 10.0 Å². The van der Waals surface area contributed by atoms with E-state index in [2.05, 4.69) is 21.2 Å². The predicted octanol–water partition coefficient (Wildman–Crippen LogP) is 2.22. The number of benzene rings is 1. The van der Waals surface area contributed by atoms with Gasteiger partial charge in [0, 0.05) is 30.1 Å². The Hall–Kier alpha value is -0.210. The molecule has 1 N–H and O–H groups in total. The molecular weight excluding hydrogens is 359 g/mol. The molecule has 0 aliphatic carbocycles. The fourth-order valence-corrected chi connectivity index (χ4v) is 5.46. The zero-order valence-electron chi connectivity index (χ0n) is 10.2. The lowest BCUT2D eigenvalue weighted by atomic mass is 10.3. The fourth-order valence-electron chi connectivity index (χ4n) is 2.07. The van der Waals surface area contributed by atoms with Gasteiger partial charge in [-0.2, -0.15) is 4.31 Å². The number of sulfonamides is 1. The molecule has 1 fully saturated rings. The van der Waals surface area contributed by atoms with Crippen LogP contribution in [0.1, 0.15) is 6.92 Å². The SMILES string of the molecule is CC1CNCCN1S(=O)(=O)c1c(Cl)cc(F)cc1Br. The fraction of sp³-hybridized carbons (Fsp3) is 0.455. The highest BCUT2D eigenvalue weighted by molar-refractivity contribution is 9.10. The van der Waals surface area contributed by atoms with Gasteiger partial charge in [0.1, 0.15) is 10.7 Å². The molecule has 1 aliphatic heterocycles. The van der Waals surface area contributed by atoms with Gasteiger partial charge in [-0.25, -0.2) is 12.8 Å². The minimum absolute atomic E-state index is 0.0793. The molecule has 8 heteroatoms. The molecule has 0 amide bonds. The second-order valence-electron chi connectivity index (χ2n) is 4.37. The Morgan fingerprint density at radius 3 is 2.79 bits per heavy atom. The molecular formula is C11H13BrClFN2O2S. The third-order valence-corrected chi connectivity index (χ3v) is 6.38. The number of halogens is 3. The van der Waals surface area contributed by atoms with Crippen molar-refractivity contribution < 1.29 is 12.8 Å². The maximum Gasteiger partial charge on any atom is 0.246 e. The monoisotopic (exact) mass is 370 g/mol. The molecule has 1 heterocycles. The number of piperazine rings is 1. The summed E-state index contributed by atoms with van der Waals surface area (Å²) in [4.78, 5) is -0.0793. The first-order chi connectivity index (χ1) is 8.84. The van der Waals surface area contributed by atoms with E-state index in [1.165, 1.54) is 4.31 Å². The van der Waals surface area contributed by atoms with Crippen LogP contribution >= 0.6 is 27.5 Å². The second kappa shape index (κ2) is 5.65. The first-order valence-corrected chi connectivity index (χ1v) is 8.32. The van der Waals surface area contributed by atoms with E-state index in [4.69, 9.17) is 11.6 Å². The first kappa shape index (κ1) is 15.2. The Morgan fingerprint density at radius 1 is 1.53 bits per heavy atom. The van der Waals surface area contributed by atoms with E-state index in [1.807, 2.05) is 6.92 Å². The number of nitrogens with zero attached hydrogens (tertiary/aromatic N) is 1. The van der Waals surface area contributed by atoms with E-state index < -0.39 is 15.8 Å². The van der Waals surface area contributed by atoms with Crippen molar-refractivity contribution >= 4 is 37.6 Å². The van der Waals surface area contributed by atoms with Crippen molar-refractivity contribution in [1.29, 1.82) is 0 Å². The molecule has 0 saturated carbocycles. The molecule has 1 unspecified atom stereocenters. The third kappa shape index (κ3) is 2.95.